The zero-order chi connectivity index (χ0) is 23.3. The molecule has 0 bridgehead atoms. The fourth-order valence-electron chi connectivity index (χ4n) is 3.49. The predicted molar refractivity (Wildman–Crippen MR) is 117 cm³/mol. The topological polar surface area (TPSA) is 111 Å². The summed E-state index contributed by atoms with van der Waals surface area (Å²) in [4.78, 5) is 39.9. The third-order valence-electron chi connectivity index (χ3n) is 4.88. The van der Waals surface area contributed by atoms with Gasteiger partial charge in [-0.3, -0.25) is 19.9 Å². The van der Waals surface area contributed by atoms with Gasteiger partial charge < -0.3 is 10.1 Å². The maximum atomic E-state index is 13.5. The molecular weight excluding hydrogens is 417 g/mol. The fourth-order valence-corrected chi connectivity index (χ4v) is 3.49. The Labute approximate surface area is 183 Å². The number of aromatic nitrogens is 1. The number of pyridine rings is 1. The lowest BCUT2D eigenvalue weighted by Crippen LogP contribution is -2.22. The first-order valence-corrected chi connectivity index (χ1v) is 10.2. The molecule has 166 valence electrons. The van der Waals surface area contributed by atoms with Crippen LogP contribution in [0.4, 0.5) is 15.8 Å². The van der Waals surface area contributed by atoms with E-state index in [-0.39, 0.29) is 5.69 Å². The van der Waals surface area contributed by atoms with Crippen molar-refractivity contribution >= 4 is 34.2 Å². The molecule has 0 radical (unpaired) electrons. The summed E-state index contributed by atoms with van der Waals surface area (Å²) in [5.74, 6) is -2.37. The van der Waals surface area contributed by atoms with Crippen molar-refractivity contribution in [3.8, 4) is 0 Å². The predicted octanol–water partition coefficient (Wildman–Crippen LogP) is 4.59. The minimum Gasteiger partial charge on any atom is -0.452 e. The number of nitrogens with zero attached hydrogens (tertiary/aromatic N) is 2. The molecule has 0 aliphatic carbocycles. The van der Waals surface area contributed by atoms with E-state index in [9.17, 15) is 24.1 Å². The summed E-state index contributed by atoms with van der Waals surface area (Å²) < 4.78 is 18.7. The Bertz CT molecular complexity index is 1200. The van der Waals surface area contributed by atoms with Crippen molar-refractivity contribution < 1.29 is 23.6 Å². The van der Waals surface area contributed by atoms with Gasteiger partial charge in [-0.05, 0) is 36.6 Å². The van der Waals surface area contributed by atoms with Crippen LogP contribution in [0.5, 0.6) is 0 Å². The van der Waals surface area contributed by atoms with Gasteiger partial charge >= 0.3 is 11.7 Å². The molecule has 0 unspecified atom stereocenters. The number of ether oxygens (including phenoxy) is 1. The Morgan fingerprint density at radius 1 is 1.19 bits per heavy atom. The number of anilines is 1. The molecule has 8 nitrogen and oxygen atoms in total. The van der Waals surface area contributed by atoms with Crippen LogP contribution in [0.25, 0.3) is 10.9 Å². The second-order valence-electron chi connectivity index (χ2n) is 7.08. The van der Waals surface area contributed by atoms with Crippen molar-refractivity contribution in [1.29, 1.82) is 0 Å². The van der Waals surface area contributed by atoms with Crippen molar-refractivity contribution in [2.45, 2.75) is 33.1 Å². The van der Waals surface area contributed by atoms with Crippen molar-refractivity contribution in [3.63, 3.8) is 0 Å². The smallest absolute Gasteiger partial charge is 0.339 e. The molecule has 2 aromatic carbocycles. The summed E-state index contributed by atoms with van der Waals surface area (Å²) in [6, 6.07) is 10.2. The summed E-state index contributed by atoms with van der Waals surface area (Å²) in [7, 11) is 0. The Morgan fingerprint density at radius 3 is 2.62 bits per heavy atom. The number of para-hydroxylation sites is 1. The minimum atomic E-state index is -1.01. The molecule has 1 aromatic heterocycles. The number of halogens is 1. The number of nitrogens with one attached hydrogen (secondary N) is 1. The number of amides is 1. The quantitative estimate of drug-likeness (QED) is 0.312. The van der Waals surface area contributed by atoms with Gasteiger partial charge in [0.05, 0.1) is 16.0 Å². The van der Waals surface area contributed by atoms with Gasteiger partial charge in [0.15, 0.2) is 6.61 Å². The van der Waals surface area contributed by atoms with E-state index in [0.29, 0.717) is 29.3 Å². The summed E-state index contributed by atoms with van der Waals surface area (Å²) in [5.41, 5.74) is 1.91. The molecule has 1 N–H and O–H groups in total. The van der Waals surface area contributed by atoms with Gasteiger partial charge in [0, 0.05) is 22.8 Å². The highest BCUT2D eigenvalue weighted by atomic mass is 19.1. The molecule has 3 aromatic rings. The van der Waals surface area contributed by atoms with E-state index in [1.165, 1.54) is 6.07 Å². The number of esters is 1. The van der Waals surface area contributed by atoms with Crippen molar-refractivity contribution in [1.82, 2.24) is 4.98 Å². The molecule has 0 fully saturated rings. The second kappa shape index (κ2) is 9.95. The highest BCUT2D eigenvalue weighted by Gasteiger charge is 2.22. The SMILES string of the molecule is CCCc1nc2ccccc2c(C(=O)OCC(=O)Nc2ccc(F)c([N+](=O)[O-])c2)c1CC. The lowest BCUT2D eigenvalue weighted by molar-refractivity contribution is -0.387. The number of nitro benzene ring substituents is 1. The maximum absolute atomic E-state index is 13.5. The summed E-state index contributed by atoms with van der Waals surface area (Å²) in [6.45, 7) is 3.35. The number of carbonyl (C=O) groups excluding carboxylic acids is 2. The van der Waals surface area contributed by atoms with Crippen LogP contribution in [-0.4, -0.2) is 28.4 Å². The molecule has 0 aliphatic rings. The standard InChI is InChI=1S/C23H22FN3O5/c1-3-7-18-15(4-2)22(16-8-5-6-9-19(16)26-18)23(29)32-13-21(28)25-14-10-11-17(24)20(12-14)27(30)31/h5-6,8-12H,3-4,7,13H2,1-2H3,(H,25,28). The van der Waals surface area contributed by atoms with E-state index >= 15 is 0 Å². The van der Waals surface area contributed by atoms with Crippen LogP contribution in [0, 0.1) is 15.9 Å². The molecular formula is C23H22FN3O5. The number of benzene rings is 2. The molecule has 0 spiro atoms. The first-order chi connectivity index (χ1) is 15.3. The molecule has 0 atom stereocenters. The summed E-state index contributed by atoms with van der Waals surface area (Å²) in [6.07, 6.45) is 2.14. The minimum absolute atomic E-state index is 0.0213. The number of carbonyl (C=O) groups is 2. The van der Waals surface area contributed by atoms with Crippen LogP contribution in [0.3, 0.4) is 0 Å². The van der Waals surface area contributed by atoms with E-state index in [1.54, 1.807) is 12.1 Å². The van der Waals surface area contributed by atoms with Gasteiger partial charge in [-0.2, -0.15) is 4.39 Å². The van der Waals surface area contributed by atoms with Gasteiger partial charge in [-0.15, -0.1) is 0 Å². The molecule has 9 heteroatoms. The highest BCUT2D eigenvalue weighted by molar-refractivity contribution is 6.06. The maximum Gasteiger partial charge on any atom is 0.339 e. The normalized spacial score (nSPS) is 10.7. The van der Waals surface area contributed by atoms with Crippen molar-refractivity contribution in [3.05, 3.63) is 75.2 Å². The lowest BCUT2D eigenvalue weighted by Gasteiger charge is -2.15. The molecule has 1 amide bonds. The first-order valence-electron chi connectivity index (χ1n) is 10.2. The average Bonchev–Trinajstić information content (AvgIpc) is 2.77. The van der Waals surface area contributed by atoms with Gasteiger partial charge in [-0.1, -0.05) is 38.5 Å². The number of nitro groups is 1. The van der Waals surface area contributed by atoms with Crippen molar-refractivity contribution in [2.75, 3.05) is 11.9 Å². The van der Waals surface area contributed by atoms with E-state index in [4.69, 9.17) is 4.74 Å². The summed E-state index contributed by atoms with van der Waals surface area (Å²) >= 11 is 0. The molecule has 1 heterocycles. The van der Waals surface area contributed by atoms with Crippen LogP contribution in [0.1, 0.15) is 41.9 Å². The molecule has 0 saturated carbocycles. The fraction of sp³-hybridized carbons (Fsp3) is 0.261. The molecule has 0 saturated heterocycles. The van der Waals surface area contributed by atoms with E-state index < -0.39 is 34.9 Å². The highest BCUT2D eigenvalue weighted by Crippen LogP contribution is 2.26. The Morgan fingerprint density at radius 2 is 1.94 bits per heavy atom. The molecule has 0 aliphatic heterocycles. The van der Waals surface area contributed by atoms with Crippen LogP contribution >= 0.6 is 0 Å². The molecule has 32 heavy (non-hydrogen) atoms. The molecule has 3 rings (SSSR count). The van der Waals surface area contributed by atoms with E-state index in [0.717, 1.165) is 29.8 Å². The number of fused-ring (bicyclic) bond motifs is 1. The number of rotatable bonds is 8. The second-order valence-corrected chi connectivity index (χ2v) is 7.08. The van der Waals surface area contributed by atoms with E-state index in [1.807, 2.05) is 26.0 Å². The van der Waals surface area contributed by atoms with Gasteiger partial charge in [-0.25, -0.2) is 4.79 Å². The zero-order valence-corrected chi connectivity index (χ0v) is 17.7. The Hall–Kier alpha value is -3.88. The zero-order valence-electron chi connectivity index (χ0n) is 17.7. The largest absolute Gasteiger partial charge is 0.452 e. The van der Waals surface area contributed by atoms with Crippen LogP contribution in [0.15, 0.2) is 42.5 Å². The lowest BCUT2D eigenvalue weighted by atomic mass is 9.96. The van der Waals surface area contributed by atoms with Gasteiger partial charge in [0.1, 0.15) is 0 Å². The van der Waals surface area contributed by atoms with E-state index in [2.05, 4.69) is 10.3 Å². The average molecular weight is 439 g/mol. The van der Waals surface area contributed by atoms with Crippen molar-refractivity contribution in [2.24, 2.45) is 0 Å². The summed E-state index contributed by atoms with van der Waals surface area (Å²) in [5, 5.41) is 13.9. The number of hydrogen-bond donors (Lipinski definition) is 1. The van der Waals surface area contributed by atoms with Crippen LogP contribution in [0.2, 0.25) is 0 Å². The number of hydrogen-bond acceptors (Lipinski definition) is 6. The third-order valence-corrected chi connectivity index (χ3v) is 4.88. The Kier molecular flexibility index (Phi) is 7.09. The first kappa shape index (κ1) is 22.8. The van der Waals surface area contributed by atoms with Gasteiger partial charge in [0.25, 0.3) is 5.91 Å². The monoisotopic (exact) mass is 439 g/mol. The Balaban J connectivity index is 1.81. The number of aryl methyl sites for hydroxylation is 1. The van der Waals surface area contributed by atoms with Crippen LogP contribution < -0.4 is 5.32 Å². The van der Waals surface area contributed by atoms with Crippen LogP contribution in [-0.2, 0) is 22.4 Å². The van der Waals surface area contributed by atoms with Gasteiger partial charge in [0.2, 0.25) is 5.82 Å². The third kappa shape index (κ3) is 4.88.